The van der Waals surface area contributed by atoms with Crippen molar-refractivity contribution in [3.8, 4) is 11.5 Å². The molecule has 0 saturated carbocycles. The summed E-state index contributed by atoms with van der Waals surface area (Å²) in [5, 5.41) is -2.40. The first-order valence-corrected chi connectivity index (χ1v) is 7.44. The number of hydrogen-bond acceptors (Lipinski definition) is 2. The van der Waals surface area contributed by atoms with Crippen molar-refractivity contribution in [2.45, 2.75) is 19.0 Å². The Bertz CT molecular complexity index is 769. The third-order valence-electron chi connectivity index (χ3n) is 3.00. The minimum Gasteiger partial charge on any atom is -0.485 e. The number of halogens is 7. The molecule has 0 bridgehead atoms. The van der Waals surface area contributed by atoms with Gasteiger partial charge in [0, 0.05) is 0 Å². The highest BCUT2D eigenvalue weighted by molar-refractivity contribution is 6.30. The Morgan fingerprint density at radius 2 is 1.31 bits per heavy atom. The molecular weight excluding hydrogens is 386 g/mol. The highest BCUT2D eigenvalue weighted by Crippen LogP contribution is 2.41. The Hall–Kier alpha value is -2.35. The molecular formula is C17H11ClF6O2. The number of alkyl halides is 6. The zero-order valence-corrected chi connectivity index (χ0v) is 13.6. The van der Waals surface area contributed by atoms with Crippen molar-refractivity contribution in [3.63, 3.8) is 0 Å². The maximum absolute atomic E-state index is 13.0. The average molecular weight is 397 g/mol. The van der Waals surface area contributed by atoms with Gasteiger partial charge >= 0.3 is 12.4 Å². The predicted octanol–water partition coefficient (Wildman–Crippen LogP) is 6.22. The van der Waals surface area contributed by atoms with E-state index < -0.39 is 28.9 Å². The predicted molar refractivity (Wildman–Crippen MR) is 82.8 cm³/mol. The van der Waals surface area contributed by atoms with Crippen LogP contribution in [0.15, 0.2) is 65.4 Å². The van der Waals surface area contributed by atoms with Crippen molar-refractivity contribution >= 4 is 11.6 Å². The molecule has 0 aromatic heterocycles. The molecule has 0 N–H and O–H groups in total. The van der Waals surface area contributed by atoms with E-state index in [1.54, 1.807) is 30.3 Å². The fourth-order valence-electron chi connectivity index (χ4n) is 1.85. The molecule has 0 unspecified atom stereocenters. The third-order valence-corrected chi connectivity index (χ3v) is 3.39. The minimum atomic E-state index is -5.45. The highest BCUT2D eigenvalue weighted by Gasteiger charge is 2.47. The maximum Gasteiger partial charge on any atom is 0.451 e. The molecule has 0 aliphatic rings. The normalized spacial score (nSPS) is 13.2. The number of para-hydroxylation sites is 2. The largest absolute Gasteiger partial charge is 0.485 e. The van der Waals surface area contributed by atoms with Gasteiger partial charge in [0.1, 0.15) is 6.61 Å². The Morgan fingerprint density at radius 1 is 0.769 bits per heavy atom. The zero-order chi connectivity index (χ0) is 19.4. The maximum atomic E-state index is 13.0. The fraction of sp³-hybridized carbons (Fsp3) is 0.176. The van der Waals surface area contributed by atoms with E-state index >= 15 is 0 Å². The quantitative estimate of drug-likeness (QED) is 0.441. The van der Waals surface area contributed by atoms with Crippen molar-refractivity contribution in [1.82, 2.24) is 0 Å². The van der Waals surface area contributed by atoms with Gasteiger partial charge in [-0.25, -0.2) is 0 Å². The molecule has 140 valence electrons. The van der Waals surface area contributed by atoms with Crippen molar-refractivity contribution in [3.05, 3.63) is 71.0 Å². The van der Waals surface area contributed by atoms with Gasteiger partial charge in [-0.1, -0.05) is 54.1 Å². The van der Waals surface area contributed by atoms with Gasteiger partial charge in [-0.3, -0.25) is 0 Å². The van der Waals surface area contributed by atoms with Crippen LogP contribution in [-0.4, -0.2) is 12.4 Å². The summed E-state index contributed by atoms with van der Waals surface area (Å²) >= 11 is 4.85. The number of hydrogen-bond donors (Lipinski definition) is 0. The molecule has 0 aliphatic heterocycles. The summed E-state index contributed by atoms with van der Waals surface area (Å²) in [4.78, 5) is 0. The third kappa shape index (κ3) is 5.32. The van der Waals surface area contributed by atoms with Gasteiger partial charge in [0.25, 0.3) is 0 Å². The van der Waals surface area contributed by atoms with E-state index in [-0.39, 0.29) is 12.4 Å². The lowest BCUT2D eigenvalue weighted by Gasteiger charge is -2.18. The SMILES string of the molecule is FC(F)(F)C(Cl)=C(Oc1ccccc1OCc1ccccc1)C(F)(F)F. The van der Waals surface area contributed by atoms with Gasteiger partial charge in [-0.15, -0.1) is 0 Å². The second-order valence-corrected chi connectivity index (χ2v) is 5.34. The highest BCUT2D eigenvalue weighted by atomic mass is 35.5. The summed E-state index contributed by atoms with van der Waals surface area (Å²) in [7, 11) is 0. The topological polar surface area (TPSA) is 18.5 Å². The molecule has 2 aromatic rings. The number of benzene rings is 2. The van der Waals surface area contributed by atoms with Crippen LogP contribution in [0.1, 0.15) is 5.56 Å². The van der Waals surface area contributed by atoms with Crippen molar-refractivity contribution < 1.29 is 35.8 Å². The summed E-state index contributed by atoms with van der Waals surface area (Å²) < 4.78 is 86.5. The van der Waals surface area contributed by atoms with Crippen LogP contribution < -0.4 is 9.47 Å². The Balaban J connectivity index is 2.30. The van der Waals surface area contributed by atoms with Crippen molar-refractivity contribution in [2.75, 3.05) is 0 Å². The molecule has 0 atom stereocenters. The molecule has 2 nitrogen and oxygen atoms in total. The van der Waals surface area contributed by atoms with Crippen LogP contribution in [0.2, 0.25) is 0 Å². The first-order chi connectivity index (χ1) is 12.1. The number of ether oxygens (including phenoxy) is 2. The first kappa shape index (κ1) is 20.0. The smallest absolute Gasteiger partial charge is 0.451 e. The Labute approximate surface area is 149 Å². The van der Waals surface area contributed by atoms with Gasteiger partial charge in [0.05, 0.1) is 0 Å². The van der Waals surface area contributed by atoms with E-state index in [0.29, 0.717) is 5.56 Å². The summed E-state index contributed by atoms with van der Waals surface area (Å²) in [5.74, 6) is -3.06. The molecule has 0 radical (unpaired) electrons. The second-order valence-electron chi connectivity index (χ2n) is 4.96. The van der Waals surface area contributed by atoms with Gasteiger partial charge < -0.3 is 9.47 Å². The number of allylic oxidation sites excluding steroid dienone is 2. The minimum absolute atomic E-state index is 0.0146. The lowest BCUT2D eigenvalue weighted by atomic mass is 10.2. The van der Waals surface area contributed by atoms with Crippen LogP contribution in [0.25, 0.3) is 0 Å². The molecule has 0 amide bonds. The van der Waals surface area contributed by atoms with Crippen LogP contribution in [-0.2, 0) is 6.61 Å². The fourth-order valence-corrected chi connectivity index (χ4v) is 2.00. The molecule has 0 spiro atoms. The second kappa shape index (κ2) is 7.90. The zero-order valence-electron chi connectivity index (χ0n) is 12.9. The van der Waals surface area contributed by atoms with Gasteiger partial charge in [-0.05, 0) is 17.7 Å². The molecule has 26 heavy (non-hydrogen) atoms. The van der Waals surface area contributed by atoms with Crippen LogP contribution in [0.4, 0.5) is 26.3 Å². The van der Waals surface area contributed by atoms with E-state index in [1.807, 2.05) is 0 Å². The Morgan fingerprint density at radius 3 is 1.85 bits per heavy atom. The molecule has 0 saturated heterocycles. The lowest BCUT2D eigenvalue weighted by molar-refractivity contribution is -0.131. The van der Waals surface area contributed by atoms with Crippen LogP contribution in [0.3, 0.4) is 0 Å². The number of rotatable bonds is 5. The standard InChI is InChI=1S/C17H11ClF6O2/c18-14(16(19,20)21)15(17(22,23)24)26-13-9-5-4-8-12(13)25-10-11-6-2-1-3-7-11/h1-9H,10H2. The molecule has 0 heterocycles. The van der Waals surface area contributed by atoms with E-state index in [2.05, 4.69) is 4.74 Å². The van der Waals surface area contributed by atoms with E-state index in [1.165, 1.54) is 18.2 Å². The molecule has 9 heteroatoms. The van der Waals surface area contributed by atoms with Crippen LogP contribution in [0, 0.1) is 0 Å². The molecule has 2 rings (SSSR count). The molecule has 2 aromatic carbocycles. The Kier molecular flexibility index (Phi) is 6.07. The monoisotopic (exact) mass is 396 g/mol. The van der Waals surface area contributed by atoms with Crippen LogP contribution >= 0.6 is 11.6 Å². The van der Waals surface area contributed by atoms with Crippen molar-refractivity contribution in [2.24, 2.45) is 0 Å². The van der Waals surface area contributed by atoms with E-state index in [4.69, 9.17) is 16.3 Å². The lowest BCUT2D eigenvalue weighted by Crippen LogP contribution is -2.24. The molecule has 0 aliphatic carbocycles. The molecule has 0 fully saturated rings. The van der Waals surface area contributed by atoms with E-state index in [0.717, 1.165) is 6.07 Å². The average Bonchev–Trinajstić information content (AvgIpc) is 2.57. The summed E-state index contributed by atoms with van der Waals surface area (Å²) in [6.45, 7) is -0.0146. The van der Waals surface area contributed by atoms with Gasteiger partial charge in [-0.2, -0.15) is 26.3 Å². The first-order valence-electron chi connectivity index (χ1n) is 7.07. The van der Waals surface area contributed by atoms with E-state index in [9.17, 15) is 26.3 Å². The summed E-state index contributed by atoms with van der Waals surface area (Å²) in [5.41, 5.74) is 0.710. The van der Waals surface area contributed by atoms with Crippen molar-refractivity contribution in [1.29, 1.82) is 0 Å². The summed E-state index contributed by atoms with van der Waals surface area (Å²) in [6.07, 6.45) is -10.9. The van der Waals surface area contributed by atoms with Gasteiger partial charge in [0.15, 0.2) is 16.5 Å². The van der Waals surface area contributed by atoms with Crippen LogP contribution in [0.5, 0.6) is 11.5 Å². The summed E-state index contributed by atoms with van der Waals surface area (Å²) in [6, 6.07) is 13.7. The van der Waals surface area contributed by atoms with Gasteiger partial charge in [0.2, 0.25) is 5.76 Å².